The molecule has 3 heterocycles. The number of fused-ring (bicyclic) bond motifs is 1. The van der Waals surface area contributed by atoms with E-state index in [1.165, 1.54) is 32.4 Å². The minimum absolute atomic E-state index is 0.900. The van der Waals surface area contributed by atoms with Crippen molar-refractivity contribution in [2.75, 3.05) is 13.1 Å². The molecular weight excluding hydrogens is 280 g/mol. The van der Waals surface area contributed by atoms with E-state index in [9.17, 15) is 0 Å². The van der Waals surface area contributed by atoms with Gasteiger partial charge in [-0.3, -0.25) is 9.30 Å². The van der Waals surface area contributed by atoms with Crippen LogP contribution in [0.3, 0.4) is 0 Å². The maximum Gasteiger partial charge on any atom is 0.160 e. The lowest BCUT2D eigenvalue weighted by Crippen LogP contribution is -2.29. The minimum Gasteiger partial charge on any atom is -0.296 e. The molecule has 0 bridgehead atoms. The highest BCUT2D eigenvalue weighted by atomic mass is 79.9. The van der Waals surface area contributed by atoms with E-state index in [1.807, 2.05) is 18.3 Å². The molecule has 17 heavy (non-hydrogen) atoms. The third kappa shape index (κ3) is 2.35. The molecule has 0 aromatic carbocycles. The maximum absolute atomic E-state index is 4.28. The molecule has 1 saturated heterocycles. The van der Waals surface area contributed by atoms with Crippen LogP contribution in [0.1, 0.15) is 25.1 Å². The monoisotopic (exact) mass is 294 g/mol. The van der Waals surface area contributed by atoms with E-state index in [-0.39, 0.29) is 0 Å². The molecule has 2 aromatic heterocycles. The number of hydrogen-bond donors (Lipinski definition) is 0. The zero-order valence-corrected chi connectivity index (χ0v) is 11.2. The topological polar surface area (TPSA) is 33.4 Å². The van der Waals surface area contributed by atoms with Crippen molar-refractivity contribution in [1.82, 2.24) is 19.5 Å². The van der Waals surface area contributed by atoms with Crippen LogP contribution in [0.15, 0.2) is 22.8 Å². The van der Waals surface area contributed by atoms with E-state index < -0.39 is 0 Å². The van der Waals surface area contributed by atoms with Gasteiger partial charge in [0.05, 0.1) is 6.54 Å². The Hall–Kier alpha value is -0.940. The molecule has 4 nitrogen and oxygen atoms in total. The molecule has 2 aromatic rings. The van der Waals surface area contributed by atoms with Crippen LogP contribution in [0.5, 0.6) is 0 Å². The molecule has 1 aliphatic heterocycles. The maximum atomic E-state index is 4.28. The largest absolute Gasteiger partial charge is 0.296 e. The van der Waals surface area contributed by atoms with Gasteiger partial charge < -0.3 is 0 Å². The second-order valence-electron chi connectivity index (χ2n) is 4.53. The Morgan fingerprint density at radius 1 is 1.12 bits per heavy atom. The van der Waals surface area contributed by atoms with Gasteiger partial charge in [-0.2, -0.15) is 0 Å². The second kappa shape index (κ2) is 4.74. The van der Waals surface area contributed by atoms with Gasteiger partial charge in [0.25, 0.3) is 0 Å². The van der Waals surface area contributed by atoms with Crippen LogP contribution in [0.2, 0.25) is 0 Å². The number of hydrogen-bond acceptors (Lipinski definition) is 3. The third-order valence-electron chi connectivity index (χ3n) is 3.25. The van der Waals surface area contributed by atoms with Crippen LogP contribution in [-0.4, -0.2) is 32.6 Å². The summed E-state index contributed by atoms with van der Waals surface area (Å²) in [5.41, 5.74) is 0.917. The number of piperidine rings is 1. The van der Waals surface area contributed by atoms with Crippen LogP contribution in [-0.2, 0) is 6.54 Å². The first-order valence-corrected chi connectivity index (χ1v) is 6.84. The lowest BCUT2D eigenvalue weighted by atomic mass is 10.1. The van der Waals surface area contributed by atoms with Gasteiger partial charge in [0.15, 0.2) is 11.5 Å². The molecule has 0 saturated carbocycles. The normalized spacial score (nSPS) is 17.7. The standard InChI is InChI=1S/C12H15BrN4/c13-10-4-5-11-14-15-12(17(11)8-10)9-16-6-2-1-3-7-16/h4-5,8H,1-3,6-7,9H2. The van der Waals surface area contributed by atoms with Crippen molar-refractivity contribution in [3.8, 4) is 0 Å². The summed E-state index contributed by atoms with van der Waals surface area (Å²) in [5.74, 6) is 1.03. The third-order valence-corrected chi connectivity index (χ3v) is 3.72. The van der Waals surface area contributed by atoms with Crippen LogP contribution in [0, 0.1) is 0 Å². The van der Waals surface area contributed by atoms with E-state index in [4.69, 9.17) is 0 Å². The number of likely N-dealkylation sites (tertiary alicyclic amines) is 1. The number of rotatable bonds is 2. The summed E-state index contributed by atoms with van der Waals surface area (Å²) < 4.78 is 3.13. The van der Waals surface area contributed by atoms with E-state index in [0.717, 1.165) is 22.5 Å². The van der Waals surface area contributed by atoms with Crippen molar-refractivity contribution in [2.24, 2.45) is 0 Å². The van der Waals surface area contributed by atoms with Gasteiger partial charge in [0.2, 0.25) is 0 Å². The average molecular weight is 295 g/mol. The van der Waals surface area contributed by atoms with E-state index in [2.05, 4.69) is 35.4 Å². The summed E-state index contributed by atoms with van der Waals surface area (Å²) in [6, 6.07) is 3.98. The average Bonchev–Trinajstić information content (AvgIpc) is 2.73. The van der Waals surface area contributed by atoms with Gasteiger partial charge in [-0.05, 0) is 54.0 Å². The molecule has 0 atom stereocenters. The Bertz CT molecular complexity index is 516. The van der Waals surface area contributed by atoms with Gasteiger partial charge in [0.1, 0.15) is 0 Å². The molecule has 1 fully saturated rings. The van der Waals surface area contributed by atoms with Gasteiger partial charge in [-0.1, -0.05) is 6.42 Å². The Labute approximate surface area is 109 Å². The molecule has 3 rings (SSSR count). The fourth-order valence-electron chi connectivity index (χ4n) is 2.34. The lowest BCUT2D eigenvalue weighted by molar-refractivity contribution is 0.215. The number of halogens is 1. The first-order chi connectivity index (χ1) is 8.33. The zero-order valence-electron chi connectivity index (χ0n) is 9.64. The van der Waals surface area contributed by atoms with Crippen LogP contribution >= 0.6 is 15.9 Å². The van der Waals surface area contributed by atoms with Crippen molar-refractivity contribution in [1.29, 1.82) is 0 Å². The first-order valence-electron chi connectivity index (χ1n) is 6.04. The highest BCUT2D eigenvalue weighted by Crippen LogP contribution is 2.15. The molecule has 5 heteroatoms. The summed E-state index contributed by atoms with van der Waals surface area (Å²) in [6.07, 6.45) is 6.01. The van der Waals surface area contributed by atoms with E-state index >= 15 is 0 Å². The number of pyridine rings is 1. The van der Waals surface area contributed by atoms with Crippen molar-refractivity contribution >= 4 is 21.6 Å². The highest BCUT2D eigenvalue weighted by molar-refractivity contribution is 9.10. The second-order valence-corrected chi connectivity index (χ2v) is 5.44. The first kappa shape index (κ1) is 11.2. The van der Waals surface area contributed by atoms with Crippen molar-refractivity contribution in [2.45, 2.75) is 25.8 Å². The van der Waals surface area contributed by atoms with Gasteiger partial charge in [-0.25, -0.2) is 0 Å². The van der Waals surface area contributed by atoms with Crippen LogP contribution < -0.4 is 0 Å². The Morgan fingerprint density at radius 2 is 1.94 bits per heavy atom. The van der Waals surface area contributed by atoms with Gasteiger partial charge >= 0.3 is 0 Å². The highest BCUT2D eigenvalue weighted by Gasteiger charge is 2.14. The van der Waals surface area contributed by atoms with Gasteiger partial charge in [0, 0.05) is 10.7 Å². The Balaban J connectivity index is 1.86. The van der Waals surface area contributed by atoms with Crippen molar-refractivity contribution in [3.05, 3.63) is 28.6 Å². The SMILES string of the molecule is Brc1ccc2nnc(CN3CCCCC3)n2c1. The predicted molar refractivity (Wildman–Crippen MR) is 69.8 cm³/mol. The predicted octanol–water partition coefficient (Wildman–Crippen LogP) is 2.48. The molecule has 90 valence electrons. The summed E-state index contributed by atoms with van der Waals surface area (Å²) in [4.78, 5) is 2.46. The van der Waals surface area contributed by atoms with Crippen LogP contribution in [0.4, 0.5) is 0 Å². The van der Waals surface area contributed by atoms with E-state index in [0.29, 0.717) is 0 Å². The molecule has 0 radical (unpaired) electrons. The quantitative estimate of drug-likeness (QED) is 0.853. The Morgan fingerprint density at radius 3 is 2.76 bits per heavy atom. The van der Waals surface area contributed by atoms with Crippen LogP contribution in [0.25, 0.3) is 5.65 Å². The fourth-order valence-corrected chi connectivity index (χ4v) is 2.67. The molecule has 0 aliphatic carbocycles. The summed E-state index contributed by atoms with van der Waals surface area (Å²) in [7, 11) is 0. The smallest absolute Gasteiger partial charge is 0.160 e. The molecular formula is C12H15BrN4. The number of nitrogens with zero attached hydrogens (tertiary/aromatic N) is 4. The summed E-state index contributed by atoms with van der Waals surface area (Å²) in [5, 5.41) is 8.47. The van der Waals surface area contributed by atoms with Crippen molar-refractivity contribution < 1.29 is 0 Å². The van der Waals surface area contributed by atoms with Crippen molar-refractivity contribution in [3.63, 3.8) is 0 Å². The van der Waals surface area contributed by atoms with E-state index in [1.54, 1.807) is 0 Å². The Kier molecular flexibility index (Phi) is 3.11. The molecule has 0 unspecified atom stereocenters. The summed E-state index contributed by atoms with van der Waals surface area (Å²) >= 11 is 3.49. The number of aromatic nitrogens is 3. The molecule has 0 spiro atoms. The van der Waals surface area contributed by atoms with Gasteiger partial charge in [-0.15, -0.1) is 10.2 Å². The minimum atomic E-state index is 0.900. The fraction of sp³-hybridized carbons (Fsp3) is 0.500. The molecule has 0 N–H and O–H groups in total. The molecule has 0 amide bonds. The molecule has 1 aliphatic rings. The summed E-state index contributed by atoms with van der Waals surface area (Å²) in [6.45, 7) is 3.27. The zero-order chi connectivity index (χ0) is 11.7. The lowest BCUT2D eigenvalue weighted by Gasteiger charge is -2.25.